The SMILES string of the molecule is O=C(/C=C/c1cccc(C(=O)OCc2ccccc2)c1)Nc1ccc2cnccc2c1. The van der Waals surface area contributed by atoms with Crippen molar-refractivity contribution in [3.63, 3.8) is 0 Å². The number of ether oxygens (including phenoxy) is 1. The number of fused-ring (bicyclic) bond motifs is 1. The van der Waals surface area contributed by atoms with Gasteiger partial charge in [0.05, 0.1) is 5.56 Å². The Morgan fingerprint density at radius 3 is 2.65 bits per heavy atom. The third-order valence-corrected chi connectivity index (χ3v) is 4.67. The van der Waals surface area contributed by atoms with E-state index in [1.807, 2.05) is 60.7 Å². The van der Waals surface area contributed by atoms with E-state index in [-0.39, 0.29) is 12.5 Å². The molecule has 0 fully saturated rings. The first-order valence-electron chi connectivity index (χ1n) is 9.81. The van der Waals surface area contributed by atoms with Crippen molar-refractivity contribution in [3.05, 3.63) is 114 Å². The fourth-order valence-corrected chi connectivity index (χ4v) is 3.09. The van der Waals surface area contributed by atoms with Crippen LogP contribution in [0.3, 0.4) is 0 Å². The summed E-state index contributed by atoms with van der Waals surface area (Å²) in [6, 6.07) is 24.0. The number of benzene rings is 3. The summed E-state index contributed by atoms with van der Waals surface area (Å²) in [5, 5.41) is 4.85. The minimum absolute atomic E-state index is 0.212. The summed E-state index contributed by atoms with van der Waals surface area (Å²) in [6.45, 7) is 0.212. The summed E-state index contributed by atoms with van der Waals surface area (Å²) >= 11 is 0. The van der Waals surface area contributed by atoms with Gasteiger partial charge in [-0.1, -0.05) is 48.5 Å². The number of nitrogens with one attached hydrogen (secondary N) is 1. The van der Waals surface area contributed by atoms with Gasteiger partial charge >= 0.3 is 5.97 Å². The summed E-state index contributed by atoms with van der Waals surface area (Å²) in [5.41, 5.74) is 2.79. The fourth-order valence-electron chi connectivity index (χ4n) is 3.09. The second-order valence-electron chi connectivity index (χ2n) is 6.95. The third kappa shape index (κ3) is 5.42. The molecule has 0 saturated heterocycles. The van der Waals surface area contributed by atoms with Crippen molar-refractivity contribution in [2.75, 3.05) is 5.32 Å². The first-order chi connectivity index (χ1) is 15.2. The number of carbonyl (C=O) groups excluding carboxylic acids is 2. The number of hydrogen-bond acceptors (Lipinski definition) is 4. The summed E-state index contributed by atoms with van der Waals surface area (Å²) < 4.78 is 5.36. The molecule has 4 aromatic rings. The smallest absolute Gasteiger partial charge is 0.338 e. The maximum absolute atomic E-state index is 12.3. The van der Waals surface area contributed by atoms with E-state index >= 15 is 0 Å². The molecule has 1 heterocycles. The number of amides is 1. The molecule has 0 radical (unpaired) electrons. The van der Waals surface area contributed by atoms with Crippen molar-refractivity contribution in [3.8, 4) is 0 Å². The minimum atomic E-state index is -0.408. The predicted octanol–water partition coefficient (Wildman–Crippen LogP) is 5.24. The maximum atomic E-state index is 12.3. The van der Waals surface area contributed by atoms with Gasteiger partial charge in [-0.2, -0.15) is 0 Å². The van der Waals surface area contributed by atoms with Crippen molar-refractivity contribution in [2.45, 2.75) is 6.61 Å². The Balaban J connectivity index is 1.38. The third-order valence-electron chi connectivity index (χ3n) is 4.67. The first kappa shape index (κ1) is 20.0. The topological polar surface area (TPSA) is 68.3 Å². The highest BCUT2D eigenvalue weighted by Crippen LogP contribution is 2.18. The highest BCUT2D eigenvalue weighted by Gasteiger charge is 2.08. The molecule has 0 saturated carbocycles. The van der Waals surface area contributed by atoms with Gasteiger partial charge in [0.15, 0.2) is 0 Å². The van der Waals surface area contributed by atoms with Crippen LogP contribution in [-0.2, 0) is 16.1 Å². The lowest BCUT2D eigenvalue weighted by molar-refractivity contribution is -0.111. The van der Waals surface area contributed by atoms with Gasteiger partial charge in [0.25, 0.3) is 0 Å². The Labute approximate surface area is 180 Å². The van der Waals surface area contributed by atoms with Crippen LogP contribution in [0.25, 0.3) is 16.8 Å². The second kappa shape index (κ2) is 9.50. The molecule has 0 aliphatic rings. The van der Waals surface area contributed by atoms with Crippen molar-refractivity contribution >= 4 is 34.4 Å². The molecular formula is C26H20N2O3. The second-order valence-corrected chi connectivity index (χ2v) is 6.95. The number of aromatic nitrogens is 1. The molecule has 31 heavy (non-hydrogen) atoms. The zero-order valence-electron chi connectivity index (χ0n) is 16.7. The van der Waals surface area contributed by atoms with Crippen LogP contribution in [0.15, 0.2) is 97.3 Å². The molecule has 0 spiro atoms. The van der Waals surface area contributed by atoms with E-state index in [1.54, 1.807) is 36.7 Å². The Morgan fingerprint density at radius 1 is 0.903 bits per heavy atom. The van der Waals surface area contributed by atoms with Crippen LogP contribution in [0.2, 0.25) is 0 Å². The summed E-state index contributed by atoms with van der Waals surface area (Å²) in [6.07, 6.45) is 6.59. The lowest BCUT2D eigenvalue weighted by Crippen LogP contribution is -2.07. The molecule has 5 heteroatoms. The first-order valence-corrected chi connectivity index (χ1v) is 9.81. The van der Waals surface area contributed by atoms with E-state index < -0.39 is 5.97 Å². The normalized spacial score (nSPS) is 10.8. The average Bonchev–Trinajstić information content (AvgIpc) is 2.82. The standard InChI is InChI=1S/C26H20N2O3/c29-25(28-24-11-10-23-17-27-14-13-21(23)16-24)12-9-19-7-4-8-22(15-19)26(30)31-18-20-5-2-1-3-6-20/h1-17H,18H2,(H,28,29)/b12-9+. The van der Waals surface area contributed by atoms with Crippen LogP contribution in [0.5, 0.6) is 0 Å². The number of anilines is 1. The number of pyridine rings is 1. The van der Waals surface area contributed by atoms with Crippen molar-refractivity contribution in [1.82, 2.24) is 4.98 Å². The van der Waals surface area contributed by atoms with E-state index in [0.717, 1.165) is 21.9 Å². The molecule has 5 nitrogen and oxygen atoms in total. The lowest BCUT2D eigenvalue weighted by atomic mass is 10.1. The van der Waals surface area contributed by atoms with Gasteiger partial charge < -0.3 is 10.1 Å². The Bertz CT molecular complexity index is 1250. The molecule has 0 unspecified atom stereocenters. The van der Waals surface area contributed by atoms with E-state index in [9.17, 15) is 9.59 Å². The quantitative estimate of drug-likeness (QED) is 0.350. The largest absolute Gasteiger partial charge is 0.457 e. The summed E-state index contributed by atoms with van der Waals surface area (Å²) in [7, 11) is 0. The van der Waals surface area contributed by atoms with Gasteiger partial charge in [0.2, 0.25) is 5.91 Å². The molecule has 0 aliphatic carbocycles. The van der Waals surface area contributed by atoms with E-state index in [1.165, 1.54) is 6.08 Å². The lowest BCUT2D eigenvalue weighted by Gasteiger charge is -2.06. The Morgan fingerprint density at radius 2 is 1.77 bits per heavy atom. The van der Waals surface area contributed by atoms with Crippen LogP contribution in [0.1, 0.15) is 21.5 Å². The van der Waals surface area contributed by atoms with Crippen LogP contribution >= 0.6 is 0 Å². The minimum Gasteiger partial charge on any atom is -0.457 e. The Kier molecular flexibility index (Phi) is 6.14. The van der Waals surface area contributed by atoms with Gasteiger partial charge in [-0.05, 0) is 52.9 Å². The highest BCUT2D eigenvalue weighted by molar-refractivity contribution is 6.03. The van der Waals surface area contributed by atoms with Gasteiger partial charge in [-0.3, -0.25) is 9.78 Å². The number of rotatable bonds is 6. The molecule has 1 amide bonds. The van der Waals surface area contributed by atoms with Gasteiger partial charge in [-0.25, -0.2) is 4.79 Å². The zero-order valence-corrected chi connectivity index (χ0v) is 16.7. The summed E-state index contributed by atoms with van der Waals surface area (Å²) in [5.74, 6) is -0.667. The summed E-state index contributed by atoms with van der Waals surface area (Å²) in [4.78, 5) is 28.7. The van der Waals surface area contributed by atoms with Crippen LogP contribution in [0, 0.1) is 0 Å². The van der Waals surface area contributed by atoms with Gasteiger partial charge in [0, 0.05) is 29.5 Å². The molecule has 1 aromatic heterocycles. The monoisotopic (exact) mass is 408 g/mol. The number of hydrogen-bond donors (Lipinski definition) is 1. The average molecular weight is 408 g/mol. The zero-order chi connectivity index (χ0) is 21.5. The van der Waals surface area contributed by atoms with Gasteiger partial charge in [-0.15, -0.1) is 0 Å². The molecular weight excluding hydrogens is 388 g/mol. The number of esters is 1. The van der Waals surface area contributed by atoms with Crippen molar-refractivity contribution < 1.29 is 14.3 Å². The van der Waals surface area contributed by atoms with Crippen LogP contribution < -0.4 is 5.32 Å². The maximum Gasteiger partial charge on any atom is 0.338 e. The van der Waals surface area contributed by atoms with E-state index in [0.29, 0.717) is 11.3 Å². The van der Waals surface area contributed by atoms with E-state index in [2.05, 4.69) is 10.3 Å². The molecule has 3 aromatic carbocycles. The number of nitrogens with zero attached hydrogens (tertiary/aromatic N) is 1. The molecule has 4 rings (SSSR count). The Hall–Kier alpha value is -4.25. The molecule has 0 atom stereocenters. The van der Waals surface area contributed by atoms with Crippen LogP contribution in [-0.4, -0.2) is 16.9 Å². The molecule has 1 N–H and O–H groups in total. The molecule has 0 aliphatic heterocycles. The van der Waals surface area contributed by atoms with Crippen molar-refractivity contribution in [1.29, 1.82) is 0 Å². The van der Waals surface area contributed by atoms with E-state index in [4.69, 9.17) is 4.74 Å². The number of carbonyl (C=O) groups is 2. The van der Waals surface area contributed by atoms with Crippen LogP contribution in [0.4, 0.5) is 5.69 Å². The van der Waals surface area contributed by atoms with Crippen molar-refractivity contribution in [2.24, 2.45) is 0 Å². The predicted molar refractivity (Wildman–Crippen MR) is 121 cm³/mol. The fraction of sp³-hybridized carbons (Fsp3) is 0.0385. The molecule has 0 bridgehead atoms. The highest BCUT2D eigenvalue weighted by atomic mass is 16.5. The van der Waals surface area contributed by atoms with Gasteiger partial charge in [0.1, 0.15) is 6.61 Å². The molecule has 152 valence electrons.